The molecule has 15 rings (SSSR count). The lowest BCUT2D eigenvalue weighted by atomic mass is 9.97. The fourth-order valence-electron chi connectivity index (χ4n) is 12.2. The van der Waals surface area contributed by atoms with Crippen LogP contribution in [0.2, 0.25) is 0 Å². The van der Waals surface area contributed by atoms with Crippen LogP contribution >= 0.6 is 193 Å². The van der Waals surface area contributed by atoms with Gasteiger partial charge in [0.05, 0.1) is 27.8 Å². The number of aromatic nitrogens is 5. The topological polar surface area (TPSA) is 74.8 Å². The molecule has 94 heavy (non-hydrogen) atoms. The second-order valence-electron chi connectivity index (χ2n) is 21.5. The van der Waals surface area contributed by atoms with Gasteiger partial charge in [-0.25, -0.2) is 15.0 Å². The zero-order valence-corrected chi connectivity index (χ0v) is 74.7. The van der Waals surface area contributed by atoms with Gasteiger partial charge < -0.3 is 18.0 Å². The lowest BCUT2D eigenvalue weighted by Gasteiger charge is -2.48. The normalized spacial score (nSPS) is 13.1. The molecule has 0 saturated heterocycles. The molecule has 0 N–H and O–H groups in total. The summed E-state index contributed by atoms with van der Waals surface area (Å²) in [5.74, 6) is 1.79. The van der Waals surface area contributed by atoms with E-state index in [4.69, 9.17) is 23.8 Å². The van der Waals surface area contributed by atoms with Crippen molar-refractivity contribution >= 4 is 280 Å². The Bertz CT molecular complexity index is 5200. The molecule has 10 aromatic carbocycles. The highest BCUT2D eigenvalue weighted by Crippen LogP contribution is 3.34. The maximum atomic E-state index is 7.10. The first-order valence-electron chi connectivity index (χ1n) is 28.9. The summed E-state index contributed by atoms with van der Waals surface area (Å²) in [5.41, 5.74) is 14.6. The molecule has 15 atom stereocenters. The summed E-state index contributed by atoms with van der Waals surface area (Å²) in [4.78, 5) is 15.2. The second kappa shape index (κ2) is 31.6. The van der Waals surface area contributed by atoms with E-state index in [0.717, 1.165) is 105 Å². The van der Waals surface area contributed by atoms with Gasteiger partial charge in [0, 0.05) is 65.5 Å². The largest absolute Gasteiger partial charge is 0.456 e. The van der Waals surface area contributed by atoms with Crippen LogP contribution in [-0.2, 0) is 0 Å². The van der Waals surface area contributed by atoms with Crippen molar-refractivity contribution in [3.8, 4) is 56.7 Å². The molecular weight excluding hydrogens is 1600 g/mol. The van der Waals surface area contributed by atoms with Crippen LogP contribution in [-0.4, -0.2) is 24.1 Å². The number of benzene rings is 10. The molecule has 0 fully saturated rings. The molecule has 0 bridgehead atoms. The van der Waals surface area contributed by atoms with Crippen molar-refractivity contribution in [1.82, 2.24) is 24.1 Å². The Morgan fingerprint density at radius 1 is 0.298 bits per heavy atom. The highest BCUT2D eigenvalue weighted by molar-refractivity contribution is 9.40. The minimum atomic E-state index is -0.0148. The molecule has 0 saturated carbocycles. The van der Waals surface area contributed by atoms with Crippen molar-refractivity contribution in [3.63, 3.8) is 0 Å². The van der Waals surface area contributed by atoms with Crippen molar-refractivity contribution in [3.05, 3.63) is 224 Å². The molecule has 0 amide bonds. The lowest BCUT2D eigenvalue weighted by Crippen LogP contribution is -2.00. The van der Waals surface area contributed by atoms with Crippen molar-refractivity contribution in [1.29, 1.82) is 0 Å². The quantitative estimate of drug-likeness (QED) is 0.0901. The summed E-state index contributed by atoms with van der Waals surface area (Å²) >= 11 is 0. The zero-order chi connectivity index (χ0) is 65.2. The lowest BCUT2D eigenvalue weighted by molar-refractivity contribution is 0.666. The molecule has 5 aromatic heterocycles. The Hall–Kier alpha value is 0.730. The van der Waals surface area contributed by atoms with Crippen LogP contribution in [0.3, 0.4) is 0 Å². The predicted molar refractivity (Wildman–Crippen MR) is 487 cm³/mol. The highest BCUT2D eigenvalue weighted by Gasteiger charge is 2.46. The average molecular weight is 1670 g/mol. The number of nitrogens with zero attached hydrogens (tertiary/aromatic N) is 5. The van der Waals surface area contributed by atoms with Crippen molar-refractivity contribution < 1.29 is 8.83 Å². The van der Waals surface area contributed by atoms with E-state index in [0.29, 0.717) is 17.5 Å². The smallest absolute Gasteiger partial charge is 0.164 e. The third-order valence-corrected chi connectivity index (χ3v) is 171. The Balaban J connectivity index is 0.000000273. The van der Waals surface area contributed by atoms with Crippen molar-refractivity contribution in [2.45, 2.75) is 0 Å². The van der Waals surface area contributed by atoms with E-state index in [1.165, 1.54) is 21.5 Å². The van der Waals surface area contributed by atoms with Crippen LogP contribution in [0.25, 0.3) is 144 Å². The summed E-state index contributed by atoms with van der Waals surface area (Å²) < 4.78 is 18.5. The van der Waals surface area contributed by atoms with Crippen LogP contribution in [0, 0.1) is 0 Å². The summed E-state index contributed by atoms with van der Waals surface area (Å²) in [6.07, 6.45) is 0. The van der Waals surface area contributed by atoms with Gasteiger partial charge in [-0.1, -0.05) is 170 Å². The molecule has 0 radical (unpaired) electrons. The third-order valence-electron chi connectivity index (χ3n) is 15.9. The van der Waals surface area contributed by atoms with Gasteiger partial charge in [0.2, 0.25) is 0 Å². The first kappa shape index (κ1) is 71.7. The average Bonchev–Trinajstić information content (AvgIpc) is 1.54. The van der Waals surface area contributed by atoms with Gasteiger partial charge in [0.25, 0.3) is 0 Å². The SMILES string of the molecule is PP(P)P(P)P(P(P)P)P(P(P(P)P)P(P)P)P(P(P)P)P(P)P.c1ccc(-c2nc(-c3ccccc3)nc(-c3cccc4oc5ccc(-c6cccc7oc8c(-n9c%10ccccc%10c%10ccc%11c%12ccccc%12n(-c%12ccccc%12)c%11c%109)cccc8c67)cc5c34)n2)cc1. The number of fused-ring (bicyclic) bond motifs is 13. The number of furan rings is 2. The van der Waals surface area contributed by atoms with Gasteiger partial charge in [-0.05, 0) is 143 Å². The first-order chi connectivity index (χ1) is 45.6. The second-order valence-corrected chi connectivity index (χ2v) is 117. The third kappa shape index (κ3) is 14.2. The molecule has 15 unspecified atom stereocenters. The van der Waals surface area contributed by atoms with Crippen LogP contribution in [0.4, 0.5) is 0 Å². The highest BCUT2D eigenvalue weighted by atomic mass is 33.4. The minimum absolute atomic E-state index is 0.00181. The molecule has 0 aliphatic carbocycles. The fraction of sp³-hybridized carbons (Fsp3) is 0. The summed E-state index contributed by atoms with van der Waals surface area (Å²) in [6, 6.07) is 78.4. The van der Waals surface area contributed by atoms with Gasteiger partial charge in [0.15, 0.2) is 23.1 Å². The maximum absolute atomic E-state index is 7.10. The van der Waals surface area contributed by atoms with Crippen LogP contribution in [0.5, 0.6) is 0 Å². The van der Waals surface area contributed by atoms with E-state index >= 15 is 0 Å². The van der Waals surface area contributed by atoms with Crippen molar-refractivity contribution in [2.24, 2.45) is 0 Å². The van der Waals surface area contributed by atoms with Gasteiger partial charge in [0.1, 0.15) is 16.7 Å². The Kier molecular flexibility index (Phi) is 24.1. The van der Waals surface area contributed by atoms with Gasteiger partial charge in [-0.3, -0.25) is 0 Å². The standard InChI is InChI=1S/C63H37N5O2.H26P24/c1-4-17-38(18-5-1)61-64-62(39-19-6-2-7-20-39)66-63(65-61)48-27-16-31-54-57(48)49-37-40(33-36-53(49)69-54)42-25-15-32-55-56(42)47-26-14-30-52(60(47)70-55)68-51-29-13-11-24-44(51)46-35-34-45-43-23-10-12-28-50(43)67(58(45)59(46)68)41-21-8-3-9-22-41;1-14(2)20(13)23(19(11)12)24(21(15(3)4)16(5)6)22(17(7)8)18(9)10/h1-37H;1-13H2. The molecule has 7 nitrogen and oxygen atoms in total. The number of para-hydroxylation sites is 4. The van der Waals surface area contributed by atoms with Crippen molar-refractivity contribution in [2.75, 3.05) is 0 Å². The number of hydrogen-bond acceptors (Lipinski definition) is 5. The molecule has 0 aliphatic heterocycles. The predicted octanol–water partition coefficient (Wildman–Crippen LogP) is 30.2. The Labute approximate surface area is 589 Å². The first-order valence-corrected chi connectivity index (χ1v) is 71.7. The number of rotatable bonds is 16. The Morgan fingerprint density at radius 3 is 1.31 bits per heavy atom. The molecule has 0 spiro atoms. The molecule has 15 aromatic rings. The number of hydrogen-bond donors (Lipinski definition) is 0. The van der Waals surface area contributed by atoms with Gasteiger partial charge >= 0.3 is 0 Å². The van der Waals surface area contributed by atoms with E-state index in [1.54, 1.807) is 0 Å². The minimum Gasteiger partial charge on any atom is -0.456 e. The van der Waals surface area contributed by atoms with Crippen LogP contribution < -0.4 is 0 Å². The van der Waals surface area contributed by atoms with Gasteiger partial charge in [-0.15, -0.1) is 116 Å². The van der Waals surface area contributed by atoms with E-state index in [-0.39, 0.29) is 76.9 Å². The summed E-state index contributed by atoms with van der Waals surface area (Å²) in [7, 11) is 41.8. The monoisotopic (exact) mass is 1660 g/mol. The zero-order valence-electron chi connectivity index (χ0n) is 49.8. The molecule has 5 heterocycles. The van der Waals surface area contributed by atoms with E-state index in [9.17, 15) is 0 Å². The molecule has 472 valence electrons. The van der Waals surface area contributed by atoms with Crippen LogP contribution in [0.15, 0.2) is 233 Å². The van der Waals surface area contributed by atoms with E-state index in [2.05, 4.69) is 277 Å². The molecule has 31 heteroatoms. The van der Waals surface area contributed by atoms with E-state index < -0.39 is 0 Å². The Morgan fingerprint density at radius 2 is 0.755 bits per heavy atom. The summed E-state index contributed by atoms with van der Waals surface area (Å²) in [6.45, 7) is 0.374. The molecular formula is C63H63N5O2P24. The summed E-state index contributed by atoms with van der Waals surface area (Å²) in [5, 5.41) is 8.78. The molecule has 0 aliphatic rings. The van der Waals surface area contributed by atoms with Gasteiger partial charge in [-0.2, -0.15) is 0 Å². The fourth-order valence-corrected chi connectivity index (χ4v) is 301. The van der Waals surface area contributed by atoms with Crippen LogP contribution in [0.1, 0.15) is 0 Å². The van der Waals surface area contributed by atoms with E-state index in [1.807, 2.05) is 72.8 Å². The maximum Gasteiger partial charge on any atom is 0.164 e.